The Kier molecular flexibility index (Phi) is 10.7. The lowest BCUT2D eigenvalue weighted by Crippen LogP contribution is -2.53. The van der Waals surface area contributed by atoms with E-state index in [0.29, 0.717) is 12.2 Å². The molecule has 0 bridgehead atoms. The summed E-state index contributed by atoms with van der Waals surface area (Å²) in [5.41, 5.74) is 2.56. The zero-order valence-corrected chi connectivity index (χ0v) is 23.2. The normalized spacial score (nSPS) is 14.3. The van der Waals surface area contributed by atoms with Crippen LogP contribution in [0.2, 0.25) is 0 Å². The van der Waals surface area contributed by atoms with E-state index in [4.69, 9.17) is 0 Å². The first kappa shape index (κ1) is 29.3. The number of carbonyl (C=O) groups excluding carboxylic acids is 2. The minimum absolute atomic E-state index is 0.0167. The van der Waals surface area contributed by atoms with E-state index in [9.17, 15) is 24.1 Å². The molecule has 0 unspecified atom stereocenters. The summed E-state index contributed by atoms with van der Waals surface area (Å²) in [5.74, 6) is -0.120. The molecule has 3 aromatic carbocycles. The van der Waals surface area contributed by atoms with Crippen LogP contribution in [0.25, 0.3) is 0 Å². The molecule has 1 aliphatic carbocycles. The first-order valence-corrected chi connectivity index (χ1v) is 14.7. The highest BCUT2D eigenvalue weighted by atomic mass is 32.2. The van der Waals surface area contributed by atoms with Crippen molar-refractivity contribution in [2.24, 2.45) is 0 Å². The summed E-state index contributed by atoms with van der Waals surface area (Å²) in [6.45, 7) is 0.173. The van der Waals surface area contributed by atoms with Gasteiger partial charge in [-0.2, -0.15) is 0 Å². The van der Waals surface area contributed by atoms with E-state index in [1.54, 1.807) is 29.2 Å². The van der Waals surface area contributed by atoms with E-state index in [1.165, 1.54) is 42.4 Å². The monoisotopic (exact) mass is 563 g/mol. The Hall–Kier alpha value is -3.72. The minimum Gasteiger partial charge on any atom is -0.352 e. The number of halogens is 1. The summed E-state index contributed by atoms with van der Waals surface area (Å²) >= 11 is 1.39. The van der Waals surface area contributed by atoms with Gasteiger partial charge in [0.1, 0.15) is 11.9 Å². The fourth-order valence-electron chi connectivity index (χ4n) is 4.94. The minimum atomic E-state index is -0.734. The molecule has 1 saturated carbocycles. The van der Waals surface area contributed by atoms with Crippen molar-refractivity contribution >= 4 is 29.3 Å². The molecule has 0 aliphatic heterocycles. The van der Waals surface area contributed by atoms with Crippen molar-refractivity contribution < 1.29 is 18.9 Å². The maximum atomic E-state index is 13.8. The second-order valence-electron chi connectivity index (χ2n) is 10.1. The molecule has 210 valence electrons. The Balaban J connectivity index is 1.54. The van der Waals surface area contributed by atoms with Crippen LogP contribution in [0.4, 0.5) is 10.1 Å². The van der Waals surface area contributed by atoms with Crippen molar-refractivity contribution in [3.8, 4) is 0 Å². The van der Waals surface area contributed by atoms with Gasteiger partial charge in [0.15, 0.2) is 0 Å². The average Bonchev–Trinajstić information content (AvgIpc) is 2.97. The predicted molar refractivity (Wildman–Crippen MR) is 155 cm³/mol. The second-order valence-corrected chi connectivity index (χ2v) is 11.1. The molecular weight excluding hydrogens is 529 g/mol. The van der Waals surface area contributed by atoms with Gasteiger partial charge in [-0.1, -0.05) is 73.9 Å². The molecule has 3 aromatic rings. The van der Waals surface area contributed by atoms with Gasteiger partial charge in [-0.25, -0.2) is 4.39 Å². The first-order chi connectivity index (χ1) is 19.4. The van der Waals surface area contributed by atoms with E-state index < -0.39 is 11.0 Å². The number of rotatable bonds is 12. The van der Waals surface area contributed by atoms with Crippen LogP contribution < -0.4 is 5.32 Å². The molecule has 0 heterocycles. The fourth-order valence-corrected chi connectivity index (χ4v) is 5.81. The maximum absolute atomic E-state index is 13.8. The van der Waals surface area contributed by atoms with Crippen LogP contribution in [-0.4, -0.2) is 39.5 Å². The molecule has 4 rings (SSSR count). The van der Waals surface area contributed by atoms with Gasteiger partial charge >= 0.3 is 0 Å². The number of benzene rings is 3. The summed E-state index contributed by atoms with van der Waals surface area (Å²) in [4.78, 5) is 39.6. The molecule has 1 fully saturated rings. The van der Waals surface area contributed by atoms with Crippen molar-refractivity contribution in [2.45, 2.75) is 62.9 Å². The third-order valence-corrected chi connectivity index (χ3v) is 8.12. The van der Waals surface area contributed by atoms with Crippen molar-refractivity contribution in [3.63, 3.8) is 0 Å². The van der Waals surface area contributed by atoms with E-state index in [1.807, 2.05) is 30.3 Å². The number of non-ortho nitro benzene ring substituents is 1. The van der Waals surface area contributed by atoms with Gasteiger partial charge < -0.3 is 10.2 Å². The highest BCUT2D eigenvalue weighted by Gasteiger charge is 2.31. The number of nitrogens with zero attached hydrogens (tertiary/aromatic N) is 2. The quantitative estimate of drug-likeness (QED) is 0.214. The highest BCUT2D eigenvalue weighted by molar-refractivity contribution is 7.99. The number of nitro groups is 1. The standard InChI is InChI=1S/C31H34FN3O4S/c32-26-15-11-24(12-16-26)20-34(30(36)22-40-21-25-13-17-28(18-14-25)35(38)39)29(19-23-7-3-1-4-8-23)31(37)33-27-9-5-2-6-10-27/h1,3-4,7-8,11-18,27,29H,2,5-6,9-10,19-22H2,(H,33,37)/t29-/m0/s1. The number of hydrogen-bond donors (Lipinski definition) is 1. The van der Waals surface area contributed by atoms with E-state index >= 15 is 0 Å². The van der Waals surface area contributed by atoms with Gasteiger partial charge in [0.2, 0.25) is 11.8 Å². The Morgan fingerprint density at radius 3 is 2.23 bits per heavy atom. The SMILES string of the molecule is O=C(NC1CCCCC1)[C@H](Cc1ccccc1)N(Cc1ccc(F)cc1)C(=O)CSCc1ccc([N+](=O)[O-])cc1. The number of carbonyl (C=O) groups is 2. The Morgan fingerprint density at radius 1 is 0.925 bits per heavy atom. The number of nitrogens with one attached hydrogen (secondary N) is 1. The van der Waals surface area contributed by atoms with Gasteiger partial charge in [-0.15, -0.1) is 11.8 Å². The summed E-state index contributed by atoms with van der Waals surface area (Å²) in [6, 6.07) is 21.3. The lowest BCUT2D eigenvalue weighted by molar-refractivity contribution is -0.384. The molecule has 9 heteroatoms. The Bertz CT molecular complexity index is 1270. The molecular formula is C31H34FN3O4S. The number of amides is 2. The number of thioether (sulfide) groups is 1. The lowest BCUT2D eigenvalue weighted by Gasteiger charge is -2.33. The van der Waals surface area contributed by atoms with E-state index in [2.05, 4.69) is 5.32 Å². The van der Waals surface area contributed by atoms with Gasteiger partial charge in [0.25, 0.3) is 5.69 Å². The van der Waals surface area contributed by atoms with Crippen molar-refractivity contribution in [3.05, 3.63) is 111 Å². The van der Waals surface area contributed by atoms with Crippen LogP contribution in [0.15, 0.2) is 78.9 Å². The van der Waals surface area contributed by atoms with Crippen LogP contribution >= 0.6 is 11.8 Å². The Morgan fingerprint density at radius 2 is 1.57 bits per heavy atom. The van der Waals surface area contributed by atoms with Crippen LogP contribution in [0.5, 0.6) is 0 Å². The van der Waals surface area contributed by atoms with Crippen molar-refractivity contribution in [1.29, 1.82) is 0 Å². The summed E-state index contributed by atoms with van der Waals surface area (Å²) in [5, 5.41) is 14.1. The molecule has 1 atom stereocenters. The number of hydrogen-bond acceptors (Lipinski definition) is 5. The molecule has 0 radical (unpaired) electrons. The highest BCUT2D eigenvalue weighted by Crippen LogP contribution is 2.22. The van der Waals surface area contributed by atoms with Gasteiger partial charge in [0.05, 0.1) is 10.7 Å². The molecule has 40 heavy (non-hydrogen) atoms. The molecule has 1 N–H and O–H groups in total. The van der Waals surface area contributed by atoms with Crippen LogP contribution in [0, 0.1) is 15.9 Å². The van der Waals surface area contributed by atoms with Crippen LogP contribution in [-0.2, 0) is 28.3 Å². The molecule has 7 nitrogen and oxygen atoms in total. The van der Waals surface area contributed by atoms with Crippen molar-refractivity contribution in [1.82, 2.24) is 10.2 Å². The third-order valence-electron chi connectivity index (χ3n) is 7.13. The largest absolute Gasteiger partial charge is 0.352 e. The molecule has 0 aromatic heterocycles. The smallest absolute Gasteiger partial charge is 0.269 e. The fraction of sp³-hybridized carbons (Fsp3) is 0.355. The lowest BCUT2D eigenvalue weighted by atomic mass is 9.94. The van der Waals surface area contributed by atoms with Gasteiger partial charge in [0, 0.05) is 36.9 Å². The third kappa shape index (κ3) is 8.64. The second kappa shape index (κ2) is 14.6. The van der Waals surface area contributed by atoms with Gasteiger partial charge in [-0.05, 0) is 41.7 Å². The topological polar surface area (TPSA) is 92.6 Å². The number of nitro benzene ring substituents is 1. The Labute approximate surface area is 238 Å². The van der Waals surface area contributed by atoms with Crippen molar-refractivity contribution in [2.75, 3.05) is 5.75 Å². The van der Waals surface area contributed by atoms with E-state index in [-0.39, 0.29) is 41.7 Å². The first-order valence-electron chi connectivity index (χ1n) is 13.6. The zero-order valence-electron chi connectivity index (χ0n) is 22.3. The zero-order chi connectivity index (χ0) is 28.3. The summed E-state index contributed by atoms with van der Waals surface area (Å²) in [7, 11) is 0. The van der Waals surface area contributed by atoms with E-state index in [0.717, 1.165) is 42.4 Å². The summed E-state index contributed by atoms with van der Waals surface area (Å²) < 4.78 is 13.6. The van der Waals surface area contributed by atoms with Crippen LogP contribution in [0.3, 0.4) is 0 Å². The molecule has 2 amide bonds. The maximum Gasteiger partial charge on any atom is 0.269 e. The molecule has 0 saturated heterocycles. The summed E-state index contributed by atoms with van der Waals surface area (Å²) in [6.07, 6.45) is 5.54. The predicted octanol–water partition coefficient (Wildman–Crippen LogP) is 6.06. The van der Waals surface area contributed by atoms with Gasteiger partial charge in [-0.3, -0.25) is 19.7 Å². The average molecular weight is 564 g/mol. The molecule has 0 spiro atoms. The molecule has 1 aliphatic rings. The van der Waals surface area contributed by atoms with Crippen LogP contribution in [0.1, 0.15) is 48.8 Å².